The highest BCUT2D eigenvalue weighted by Gasteiger charge is 2.21. The molecule has 1 aliphatic rings. The number of hydrogen-bond donors (Lipinski definition) is 2. The van der Waals surface area contributed by atoms with E-state index >= 15 is 0 Å². The number of carbonyl (C=O) groups excluding carboxylic acids is 1. The van der Waals surface area contributed by atoms with E-state index in [1.807, 2.05) is 0 Å². The van der Waals surface area contributed by atoms with Crippen molar-refractivity contribution in [3.05, 3.63) is 17.2 Å². The van der Waals surface area contributed by atoms with Crippen molar-refractivity contribution in [1.82, 2.24) is 14.1 Å². The fraction of sp³-hybridized carbons (Fsp3) is 0.364. The molecule has 5 nitrogen and oxygen atoms in total. The minimum Gasteiger partial charge on any atom is -0.322 e. The summed E-state index contributed by atoms with van der Waals surface area (Å²) in [6, 6.07) is 4.01. The molecule has 2 aromatic rings. The van der Waals surface area contributed by atoms with Crippen LogP contribution in [0.5, 0.6) is 0 Å². The Morgan fingerprint density at radius 3 is 3.06 bits per heavy atom. The fourth-order valence-corrected chi connectivity index (χ4v) is 2.40. The fourth-order valence-electron chi connectivity index (χ4n) is 1.65. The Balaban J connectivity index is 1.77. The van der Waals surface area contributed by atoms with Gasteiger partial charge >= 0.3 is 0 Å². The van der Waals surface area contributed by atoms with Gasteiger partial charge in [-0.15, -0.1) is 0 Å². The number of carbonyl (C=O) groups is 1. The van der Waals surface area contributed by atoms with Crippen LogP contribution in [0, 0.1) is 0 Å². The van der Waals surface area contributed by atoms with Gasteiger partial charge in [0.25, 0.3) is 0 Å². The molecule has 0 unspecified atom stereocenters. The van der Waals surface area contributed by atoms with Gasteiger partial charge in [0.15, 0.2) is 0 Å². The zero-order valence-electron chi connectivity index (χ0n) is 9.44. The number of nitrogens with zero attached hydrogens (tertiary/aromatic N) is 2. The monoisotopic (exact) mass is 282 g/mol. The second-order valence-electron chi connectivity index (χ2n) is 4.26. The summed E-state index contributed by atoms with van der Waals surface area (Å²) in [7, 11) is 0. The average Bonchev–Trinajstić information content (AvgIpc) is 3.07. The van der Waals surface area contributed by atoms with Crippen molar-refractivity contribution in [2.24, 2.45) is 0 Å². The summed E-state index contributed by atoms with van der Waals surface area (Å²) in [5, 5.41) is 6.42. The predicted molar refractivity (Wildman–Crippen MR) is 72.1 cm³/mol. The number of benzene rings is 1. The first kappa shape index (κ1) is 11.8. The van der Waals surface area contributed by atoms with Crippen LogP contribution in [0.25, 0.3) is 11.0 Å². The van der Waals surface area contributed by atoms with Gasteiger partial charge < -0.3 is 10.6 Å². The van der Waals surface area contributed by atoms with Crippen LogP contribution in [-0.2, 0) is 4.79 Å². The van der Waals surface area contributed by atoms with E-state index in [0.29, 0.717) is 28.8 Å². The Labute approximate surface area is 113 Å². The smallest absolute Gasteiger partial charge is 0.238 e. The van der Waals surface area contributed by atoms with Crippen molar-refractivity contribution in [3.63, 3.8) is 0 Å². The molecule has 3 rings (SSSR count). The van der Waals surface area contributed by atoms with Gasteiger partial charge in [0, 0.05) is 6.04 Å². The number of rotatable bonds is 4. The Morgan fingerprint density at radius 2 is 2.28 bits per heavy atom. The SMILES string of the molecule is O=C(CNC1CC1)Nc1c(Cl)ccc2nsnc12. The number of anilines is 1. The van der Waals surface area contributed by atoms with Gasteiger partial charge in [0.2, 0.25) is 5.91 Å². The molecule has 18 heavy (non-hydrogen) atoms. The van der Waals surface area contributed by atoms with Gasteiger partial charge in [-0.25, -0.2) is 0 Å². The standard InChI is InChI=1S/C11H11ClN4OS/c12-7-3-4-8-11(16-18-15-8)10(7)14-9(17)5-13-6-1-2-6/h3-4,6,13H,1-2,5H2,(H,14,17). The number of fused-ring (bicyclic) bond motifs is 1. The molecule has 0 spiro atoms. The molecule has 1 amide bonds. The van der Waals surface area contributed by atoms with Gasteiger partial charge in [-0.3, -0.25) is 4.79 Å². The largest absolute Gasteiger partial charge is 0.322 e. The molecular formula is C11H11ClN4OS. The maximum atomic E-state index is 11.8. The summed E-state index contributed by atoms with van der Waals surface area (Å²) in [5.74, 6) is -0.107. The first-order valence-electron chi connectivity index (χ1n) is 5.68. The highest BCUT2D eigenvalue weighted by molar-refractivity contribution is 7.00. The minimum atomic E-state index is -0.107. The summed E-state index contributed by atoms with van der Waals surface area (Å²) in [6.07, 6.45) is 2.30. The van der Waals surface area contributed by atoms with Crippen molar-refractivity contribution in [1.29, 1.82) is 0 Å². The highest BCUT2D eigenvalue weighted by Crippen LogP contribution is 2.29. The van der Waals surface area contributed by atoms with Crippen molar-refractivity contribution in [2.45, 2.75) is 18.9 Å². The topological polar surface area (TPSA) is 66.9 Å². The lowest BCUT2D eigenvalue weighted by Gasteiger charge is -2.08. The third kappa shape index (κ3) is 2.45. The predicted octanol–water partition coefficient (Wildman–Crippen LogP) is 2.04. The molecule has 1 saturated carbocycles. The Kier molecular flexibility index (Phi) is 3.15. The Morgan fingerprint density at radius 1 is 1.44 bits per heavy atom. The number of amides is 1. The van der Waals surface area contributed by atoms with Crippen molar-refractivity contribution >= 4 is 46.0 Å². The number of halogens is 1. The van der Waals surface area contributed by atoms with Crippen molar-refractivity contribution < 1.29 is 4.79 Å². The lowest BCUT2D eigenvalue weighted by Crippen LogP contribution is -2.29. The number of hydrogen-bond acceptors (Lipinski definition) is 5. The molecule has 2 N–H and O–H groups in total. The third-order valence-electron chi connectivity index (χ3n) is 2.77. The van der Waals surface area contributed by atoms with Crippen LogP contribution in [0.4, 0.5) is 5.69 Å². The molecular weight excluding hydrogens is 272 g/mol. The summed E-state index contributed by atoms with van der Waals surface area (Å²) in [6.45, 7) is 0.301. The molecule has 0 saturated heterocycles. The van der Waals surface area contributed by atoms with E-state index in [4.69, 9.17) is 11.6 Å². The second-order valence-corrected chi connectivity index (χ2v) is 5.19. The highest BCUT2D eigenvalue weighted by atomic mass is 35.5. The molecule has 0 atom stereocenters. The number of aromatic nitrogens is 2. The molecule has 1 fully saturated rings. The minimum absolute atomic E-state index is 0.107. The molecule has 0 radical (unpaired) electrons. The van der Waals surface area contributed by atoms with Gasteiger partial charge in [0.05, 0.1) is 29.0 Å². The van der Waals surface area contributed by atoms with Crippen LogP contribution in [0.1, 0.15) is 12.8 Å². The summed E-state index contributed by atoms with van der Waals surface area (Å²) in [5.41, 5.74) is 1.94. The maximum Gasteiger partial charge on any atom is 0.238 e. The van der Waals surface area contributed by atoms with E-state index < -0.39 is 0 Å². The van der Waals surface area contributed by atoms with Gasteiger partial charge in [0.1, 0.15) is 11.0 Å². The lowest BCUT2D eigenvalue weighted by atomic mass is 10.2. The number of nitrogens with one attached hydrogen (secondary N) is 2. The van der Waals surface area contributed by atoms with E-state index in [9.17, 15) is 4.79 Å². The van der Waals surface area contributed by atoms with Crippen LogP contribution < -0.4 is 10.6 Å². The van der Waals surface area contributed by atoms with Crippen LogP contribution >= 0.6 is 23.3 Å². The maximum absolute atomic E-state index is 11.8. The zero-order chi connectivity index (χ0) is 12.5. The summed E-state index contributed by atoms with van der Waals surface area (Å²) < 4.78 is 8.27. The van der Waals surface area contributed by atoms with E-state index in [1.165, 1.54) is 0 Å². The van der Waals surface area contributed by atoms with E-state index in [1.54, 1.807) is 12.1 Å². The van der Waals surface area contributed by atoms with Gasteiger partial charge in [-0.1, -0.05) is 11.6 Å². The van der Waals surface area contributed by atoms with Crippen LogP contribution in [-0.4, -0.2) is 27.2 Å². The third-order valence-corrected chi connectivity index (χ3v) is 3.63. The van der Waals surface area contributed by atoms with Crippen molar-refractivity contribution in [2.75, 3.05) is 11.9 Å². The van der Waals surface area contributed by atoms with Crippen LogP contribution in [0.15, 0.2) is 12.1 Å². The van der Waals surface area contributed by atoms with E-state index in [-0.39, 0.29) is 5.91 Å². The van der Waals surface area contributed by atoms with E-state index in [0.717, 1.165) is 30.1 Å². The average molecular weight is 283 g/mol. The zero-order valence-corrected chi connectivity index (χ0v) is 11.0. The first-order chi connectivity index (χ1) is 8.74. The lowest BCUT2D eigenvalue weighted by molar-refractivity contribution is -0.115. The first-order valence-corrected chi connectivity index (χ1v) is 6.79. The summed E-state index contributed by atoms with van der Waals surface area (Å²) >= 11 is 7.19. The quantitative estimate of drug-likeness (QED) is 0.900. The second kappa shape index (κ2) is 4.79. The van der Waals surface area contributed by atoms with Crippen LogP contribution in [0.2, 0.25) is 5.02 Å². The molecule has 1 heterocycles. The Bertz CT molecular complexity index is 596. The summed E-state index contributed by atoms with van der Waals surface area (Å²) in [4.78, 5) is 11.8. The van der Waals surface area contributed by atoms with E-state index in [2.05, 4.69) is 19.4 Å². The molecule has 7 heteroatoms. The van der Waals surface area contributed by atoms with Crippen molar-refractivity contribution in [3.8, 4) is 0 Å². The van der Waals surface area contributed by atoms with Gasteiger partial charge in [-0.2, -0.15) is 8.75 Å². The van der Waals surface area contributed by atoms with Crippen LogP contribution in [0.3, 0.4) is 0 Å². The van der Waals surface area contributed by atoms with Gasteiger partial charge in [-0.05, 0) is 25.0 Å². The molecule has 0 bridgehead atoms. The molecule has 1 aromatic carbocycles. The molecule has 94 valence electrons. The molecule has 1 aromatic heterocycles. The molecule has 0 aliphatic heterocycles. The Hall–Kier alpha value is -1.24. The normalized spacial score (nSPS) is 14.9. The molecule has 1 aliphatic carbocycles.